The highest BCUT2D eigenvalue weighted by Gasteiger charge is 2.35. The van der Waals surface area contributed by atoms with Crippen LogP contribution in [0.3, 0.4) is 0 Å². The van der Waals surface area contributed by atoms with Crippen LogP contribution >= 0.6 is 0 Å². The number of rotatable bonds is 2. The van der Waals surface area contributed by atoms with Crippen molar-refractivity contribution in [1.29, 1.82) is 0 Å². The van der Waals surface area contributed by atoms with E-state index in [2.05, 4.69) is 27.7 Å². The van der Waals surface area contributed by atoms with Crippen molar-refractivity contribution in [2.75, 3.05) is 0 Å². The second-order valence-corrected chi connectivity index (χ2v) is 4.82. The molecular weight excluding hydrogens is 160 g/mol. The normalized spacial score (nSPS) is 35.5. The third-order valence-electron chi connectivity index (χ3n) is 3.60. The van der Waals surface area contributed by atoms with Gasteiger partial charge in [0.1, 0.15) is 5.78 Å². The molecule has 13 heavy (non-hydrogen) atoms. The highest BCUT2D eigenvalue weighted by atomic mass is 16.1. The Bertz CT molecular complexity index is 180. The first-order chi connectivity index (χ1) is 6.07. The van der Waals surface area contributed by atoms with Gasteiger partial charge in [0, 0.05) is 11.8 Å². The fourth-order valence-electron chi connectivity index (χ4n) is 2.61. The molecule has 1 aliphatic carbocycles. The lowest BCUT2D eigenvalue weighted by Crippen LogP contribution is -2.35. The van der Waals surface area contributed by atoms with Crippen LogP contribution in [0, 0.1) is 23.7 Å². The van der Waals surface area contributed by atoms with E-state index in [1.54, 1.807) is 0 Å². The molecule has 76 valence electrons. The van der Waals surface area contributed by atoms with Crippen LogP contribution in [0.15, 0.2) is 0 Å². The zero-order chi connectivity index (χ0) is 10.0. The van der Waals surface area contributed by atoms with E-state index >= 15 is 0 Å². The minimum atomic E-state index is 0.348. The molecule has 1 heteroatoms. The highest BCUT2D eigenvalue weighted by Crippen LogP contribution is 2.35. The first-order valence-electron chi connectivity index (χ1n) is 5.61. The summed E-state index contributed by atoms with van der Waals surface area (Å²) < 4.78 is 0. The van der Waals surface area contributed by atoms with Crippen LogP contribution in [0.1, 0.15) is 47.0 Å². The minimum Gasteiger partial charge on any atom is -0.299 e. The number of carbonyl (C=O) groups excluding carboxylic acids is 1. The molecule has 1 aliphatic rings. The molecule has 1 saturated carbocycles. The molecule has 0 spiro atoms. The average molecular weight is 182 g/mol. The fraction of sp³-hybridized carbons (Fsp3) is 0.917. The summed E-state index contributed by atoms with van der Waals surface area (Å²) in [5.74, 6) is 2.39. The number of carbonyl (C=O) groups is 1. The quantitative estimate of drug-likeness (QED) is 0.640. The number of ketones is 1. The molecular formula is C12H22O. The Labute approximate surface area is 81.9 Å². The van der Waals surface area contributed by atoms with Crippen molar-refractivity contribution in [2.24, 2.45) is 23.7 Å². The van der Waals surface area contributed by atoms with Gasteiger partial charge >= 0.3 is 0 Å². The van der Waals surface area contributed by atoms with Crippen molar-refractivity contribution in [1.82, 2.24) is 0 Å². The molecule has 0 radical (unpaired) electrons. The van der Waals surface area contributed by atoms with Crippen LogP contribution in [-0.2, 0) is 4.79 Å². The van der Waals surface area contributed by atoms with Gasteiger partial charge in [0.25, 0.3) is 0 Å². The third kappa shape index (κ3) is 2.12. The molecule has 0 aromatic carbocycles. The Hall–Kier alpha value is -0.330. The molecule has 1 nitrogen and oxygen atoms in total. The lowest BCUT2D eigenvalue weighted by atomic mass is 9.69. The summed E-state index contributed by atoms with van der Waals surface area (Å²) in [6, 6.07) is 0. The summed E-state index contributed by atoms with van der Waals surface area (Å²) in [4.78, 5) is 12.0. The molecule has 0 aromatic rings. The maximum atomic E-state index is 12.0. The van der Waals surface area contributed by atoms with E-state index in [-0.39, 0.29) is 0 Å². The van der Waals surface area contributed by atoms with Crippen molar-refractivity contribution in [3.8, 4) is 0 Å². The molecule has 0 saturated heterocycles. The molecule has 1 fully saturated rings. The summed E-state index contributed by atoms with van der Waals surface area (Å²) in [6.07, 6.45) is 3.39. The van der Waals surface area contributed by atoms with Crippen molar-refractivity contribution in [3.05, 3.63) is 0 Å². The summed E-state index contributed by atoms with van der Waals surface area (Å²) in [5.41, 5.74) is 0. The summed E-state index contributed by atoms with van der Waals surface area (Å²) >= 11 is 0. The van der Waals surface area contributed by atoms with Crippen molar-refractivity contribution < 1.29 is 4.79 Å². The van der Waals surface area contributed by atoms with Gasteiger partial charge < -0.3 is 0 Å². The Morgan fingerprint density at radius 2 is 2.00 bits per heavy atom. The monoisotopic (exact) mass is 182 g/mol. The Balaban J connectivity index is 2.69. The lowest BCUT2D eigenvalue weighted by molar-refractivity contribution is -0.132. The predicted molar refractivity (Wildman–Crippen MR) is 55.5 cm³/mol. The summed E-state index contributed by atoms with van der Waals surface area (Å²) in [7, 11) is 0. The van der Waals surface area contributed by atoms with Gasteiger partial charge in [-0.3, -0.25) is 4.79 Å². The van der Waals surface area contributed by atoms with Crippen molar-refractivity contribution in [2.45, 2.75) is 47.0 Å². The highest BCUT2D eigenvalue weighted by molar-refractivity contribution is 5.84. The van der Waals surface area contributed by atoms with Crippen LogP contribution in [0.5, 0.6) is 0 Å². The van der Waals surface area contributed by atoms with E-state index in [0.717, 1.165) is 12.8 Å². The van der Waals surface area contributed by atoms with E-state index in [0.29, 0.717) is 29.5 Å². The number of hydrogen-bond acceptors (Lipinski definition) is 1. The van der Waals surface area contributed by atoms with Gasteiger partial charge in [-0.2, -0.15) is 0 Å². The predicted octanol–water partition coefficient (Wildman–Crippen LogP) is 3.28. The number of Topliss-reactive ketones (excluding diaryl/α,β-unsaturated/α-hetero) is 1. The molecule has 0 amide bonds. The van der Waals surface area contributed by atoms with E-state index in [9.17, 15) is 4.79 Å². The van der Waals surface area contributed by atoms with Crippen LogP contribution < -0.4 is 0 Å². The first kappa shape index (κ1) is 10.7. The van der Waals surface area contributed by atoms with Gasteiger partial charge in [-0.25, -0.2) is 0 Å². The third-order valence-corrected chi connectivity index (χ3v) is 3.60. The average Bonchev–Trinajstić information content (AvgIpc) is 2.04. The van der Waals surface area contributed by atoms with Gasteiger partial charge in [-0.15, -0.1) is 0 Å². The van der Waals surface area contributed by atoms with Gasteiger partial charge in [-0.1, -0.05) is 27.7 Å². The zero-order valence-electron chi connectivity index (χ0n) is 9.34. The second kappa shape index (κ2) is 4.26. The summed E-state index contributed by atoms with van der Waals surface area (Å²) in [6.45, 7) is 8.71. The minimum absolute atomic E-state index is 0.348. The first-order valence-corrected chi connectivity index (χ1v) is 5.61. The maximum absolute atomic E-state index is 12.0. The molecule has 0 aliphatic heterocycles. The molecule has 1 rings (SSSR count). The Morgan fingerprint density at radius 3 is 2.46 bits per heavy atom. The maximum Gasteiger partial charge on any atom is 0.139 e. The largest absolute Gasteiger partial charge is 0.299 e. The van der Waals surface area contributed by atoms with Gasteiger partial charge in [0.15, 0.2) is 0 Å². The SMILES string of the molecule is CC[C@@H]1C(=O)[C@@H](C(C)C)CC[C@H]1C. The van der Waals surface area contributed by atoms with Crippen LogP contribution in [0.25, 0.3) is 0 Å². The fourth-order valence-corrected chi connectivity index (χ4v) is 2.61. The topological polar surface area (TPSA) is 17.1 Å². The second-order valence-electron chi connectivity index (χ2n) is 4.82. The van der Waals surface area contributed by atoms with Gasteiger partial charge in [-0.05, 0) is 31.1 Å². The van der Waals surface area contributed by atoms with Gasteiger partial charge in [0.05, 0.1) is 0 Å². The van der Waals surface area contributed by atoms with E-state index in [1.807, 2.05) is 0 Å². The Kier molecular flexibility index (Phi) is 3.52. The molecule has 0 aromatic heterocycles. The molecule has 0 N–H and O–H groups in total. The van der Waals surface area contributed by atoms with Crippen LogP contribution in [0.2, 0.25) is 0 Å². The molecule has 0 heterocycles. The smallest absolute Gasteiger partial charge is 0.139 e. The standard InChI is InChI=1S/C12H22O/c1-5-10-9(4)6-7-11(8(2)3)12(10)13/h8-11H,5-7H2,1-4H3/t9-,10+,11-/m1/s1. The van der Waals surface area contributed by atoms with Crippen LogP contribution in [-0.4, -0.2) is 5.78 Å². The van der Waals surface area contributed by atoms with Crippen molar-refractivity contribution >= 4 is 5.78 Å². The number of hydrogen-bond donors (Lipinski definition) is 0. The molecule has 3 atom stereocenters. The zero-order valence-corrected chi connectivity index (χ0v) is 9.34. The van der Waals surface area contributed by atoms with Gasteiger partial charge in [0.2, 0.25) is 0 Å². The molecule has 0 bridgehead atoms. The van der Waals surface area contributed by atoms with E-state index in [4.69, 9.17) is 0 Å². The van der Waals surface area contributed by atoms with Crippen LogP contribution in [0.4, 0.5) is 0 Å². The molecule has 0 unspecified atom stereocenters. The van der Waals surface area contributed by atoms with E-state index < -0.39 is 0 Å². The Morgan fingerprint density at radius 1 is 1.38 bits per heavy atom. The van der Waals surface area contributed by atoms with E-state index in [1.165, 1.54) is 6.42 Å². The lowest BCUT2D eigenvalue weighted by Gasteiger charge is -2.34. The summed E-state index contributed by atoms with van der Waals surface area (Å²) in [5, 5.41) is 0. The van der Waals surface area contributed by atoms with Crippen molar-refractivity contribution in [3.63, 3.8) is 0 Å².